The SMILES string of the molecule is Cn1ncc2c(N3CCC[C@@H](OCc4ccccn4)C3)nc(C3CCCC3)nc21. The minimum absolute atomic E-state index is 0.183. The maximum atomic E-state index is 6.20. The number of aromatic nitrogens is 5. The maximum absolute atomic E-state index is 6.20. The molecule has 0 bridgehead atoms. The molecule has 0 radical (unpaired) electrons. The third-order valence-corrected chi connectivity index (χ3v) is 6.18. The molecule has 3 aromatic heterocycles. The summed E-state index contributed by atoms with van der Waals surface area (Å²) in [5, 5.41) is 5.50. The minimum Gasteiger partial charge on any atom is -0.370 e. The molecule has 1 atom stereocenters. The Hall–Kier alpha value is -2.54. The van der Waals surface area contributed by atoms with Gasteiger partial charge < -0.3 is 9.64 Å². The van der Waals surface area contributed by atoms with Crippen molar-refractivity contribution in [2.24, 2.45) is 7.05 Å². The van der Waals surface area contributed by atoms with E-state index in [-0.39, 0.29) is 6.10 Å². The molecule has 1 aliphatic heterocycles. The molecule has 7 heteroatoms. The number of anilines is 1. The first-order chi connectivity index (χ1) is 14.3. The van der Waals surface area contributed by atoms with Gasteiger partial charge in [0.25, 0.3) is 0 Å². The van der Waals surface area contributed by atoms with Gasteiger partial charge in [-0.25, -0.2) is 9.97 Å². The van der Waals surface area contributed by atoms with Gasteiger partial charge in [0, 0.05) is 32.3 Å². The van der Waals surface area contributed by atoms with E-state index < -0.39 is 0 Å². The molecule has 2 fully saturated rings. The van der Waals surface area contributed by atoms with Crippen LogP contribution < -0.4 is 4.90 Å². The van der Waals surface area contributed by atoms with Crippen molar-refractivity contribution in [3.8, 4) is 0 Å². The fourth-order valence-electron chi connectivity index (χ4n) is 4.58. The summed E-state index contributed by atoms with van der Waals surface area (Å²) in [7, 11) is 1.96. The zero-order chi connectivity index (χ0) is 19.6. The average Bonchev–Trinajstić information content (AvgIpc) is 3.43. The van der Waals surface area contributed by atoms with E-state index in [9.17, 15) is 0 Å². The van der Waals surface area contributed by atoms with Gasteiger partial charge in [0.15, 0.2) is 5.65 Å². The quantitative estimate of drug-likeness (QED) is 0.661. The highest BCUT2D eigenvalue weighted by atomic mass is 16.5. The normalized spacial score (nSPS) is 20.6. The second kappa shape index (κ2) is 8.06. The zero-order valence-corrected chi connectivity index (χ0v) is 17.0. The fraction of sp³-hybridized carbons (Fsp3) is 0.545. The van der Waals surface area contributed by atoms with Crippen LogP contribution in [-0.2, 0) is 18.4 Å². The first-order valence-corrected chi connectivity index (χ1v) is 10.7. The Bertz CT molecular complexity index is 966. The van der Waals surface area contributed by atoms with Crippen molar-refractivity contribution in [1.29, 1.82) is 0 Å². The second-order valence-corrected chi connectivity index (χ2v) is 8.23. The predicted octanol–water partition coefficient (Wildman–Crippen LogP) is 3.60. The Balaban J connectivity index is 1.38. The van der Waals surface area contributed by atoms with Gasteiger partial charge in [-0.05, 0) is 37.8 Å². The molecule has 0 unspecified atom stereocenters. The summed E-state index contributed by atoms with van der Waals surface area (Å²) in [5.74, 6) is 2.50. The van der Waals surface area contributed by atoms with Gasteiger partial charge in [-0.2, -0.15) is 5.10 Å². The summed E-state index contributed by atoms with van der Waals surface area (Å²) < 4.78 is 8.07. The first kappa shape index (κ1) is 18.5. The van der Waals surface area contributed by atoms with Crippen molar-refractivity contribution in [2.75, 3.05) is 18.0 Å². The van der Waals surface area contributed by atoms with Crippen LogP contribution in [0.3, 0.4) is 0 Å². The molecular formula is C22H28N6O. The predicted molar refractivity (Wildman–Crippen MR) is 112 cm³/mol. The summed E-state index contributed by atoms with van der Waals surface area (Å²) in [6.45, 7) is 2.39. The van der Waals surface area contributed by atoms with Crippen LogP contribution in [0.5, 0.6) is 0 Å². The Labute approximate surface area is 171 Å². The molecule has 1 saturated heterocycles. The smallest absolute Gasteiger partial charge is 0.163 e. The molecule has 152 valence electrons. The van der Waals surface area contributed by atoms with Crippen LogP contribution in [0, 0.1) is 0 Å². The monoisotopic (exact) mass is 392 g/mol. The van der Waals surface area contributed by atoms with Crippen LogP contribution in [-0.4, -0.2) is 43.9 Å². The van der Waals surface area contributed by atoms with Gasteiger partial charge in [0.05, 0.1) is 30.0 Å². The molecule has 3 aromatic rings. The number of ether oxygens (including phenoxy) is 1. The number of aryl methyl sites for hydroxylation is 1. The van der Waals surface area contributed by atoms with E-state index in [2.05, 4.69) is 15.0 Å². The van der Waals surface area contributed by atoms with Crippen LogP contribution in [0.25, 0.3) is 11.0 Å². The summed E-state index contributed by atoms with van der Waals surface area (Å²) in [5.41, 5.74) is 1.92. The van der Waals surface area contributed by atoms with Gasteiger partial charge in [0.2, 0.25) is 0 Å². The van der Waals surface area contributed by atoms with E-state index in [4.69, 9.17) is 14.7 Å². The molecule has 5 rings (SSSR count). The highest BCUT2D eigenvalue weighted by molar-refractivity contribution is 5.87. The fourth-order valence-corrected chi connectivity index (χ4v) is 4.58. The molecule has 2 aliphatic rings. The van der Waals surface area contributed by atoms with Crippen molar-refractivity contribution < 1.29 is 4.74 Å². The molecule has 1 saturated carbocycles. The number of rotatable bonds is 5. The highest BCUT2D eigenvalue weighted by Gasteiger charge is 2.27. The number of hydrogen-bond acceptors (Lipinski definition) is 6. The lowest BCUT2D eigenvalue weighted by Gasteiger charge is -2.34. The van der Waals surface area contributed by atoms with Gasteiger partial charge in [-0.1, -0.05) is 18.9 Å². The van der Waals surface area contributed by atoms with Crippen molar-refractivity contribution in [3.05, 3.63) is 42.1 Å². The molecule has 0 spiro atoms. The lowest BCUT2D eigenvalue weighted by atomic mass is 10.1. The Morgan fingerprint density at radius 2 is 2.00 bits per heavy atom. The van der Waals surface area contributed by atoms with E-state index in [0.717, 1.165) is 54.3 Å². The molecule has 0 amide bonds. The van der Waals surface area contributed by atoms with Crippen LogP contribution in [0.15, 0.2) is 30.6 Å². The van der Waals surface area contributed by atoms with Crippen molar-refractivity contribution in [1.82, 2.24) is 24.7 Å². The van der Waals surface area contributed by atoms with Gasteiger partial charge in [-0.3, -0.25) is 9.67 Å². The van der Waals surface area contributed by atoms with Crippen molar-refractivity contribution in [2.45, 2.75) is 57.2 Å². The second-order valence-electron chi connectivity index (χ2n) is 8.23. The number of hydrogen-bond donors (Lipinski definition) is 0. The molecule has 7 nitrogen and oxygen atoms in total. The first-order valence-electron chi connectivity index (χ1n) is 10.7. The molecular weight excluding hydrogens is 364 g/mol. The van der Waals surface area contributed by atoms with E-state index in [1.54, 1.807) is 0 Å². The molecule has 0 aromatic carbocycles. The standard InChI is InChI=1S/C22H28N6O/c1-27-21-19(13-24-27)22(26-20(25-21)16-7-2-3-8-16)28-12-6-10-18(14-28)29-15-17-9-4-5-11-23-17/h4-5,9,11,13,16,18H,2-3,6-8,10,12,14-15H2,1H3/t18-/m1/s1. The summed E-state index contributed by atoms with van der Waals surface area (Å²) in [6, 6.07) is 5.95. The van der Waals surface area contributed by atoms with Gasteiger partial charge in [-0.15, -0.1) is 0 Å². The lowest BCUT2D eigenvalue weighted by Crippen LogP contribution is -2.40. The van der Waals surface area contributed by atoms with E-state index in [0.29, 0.717) is 12.5 Å². The summed E-state index contributed by atoms with van der Waals surface area (Å²) in [6.07, 6.45) is 11.0. The largest absolute Gasteiger partial charge is 0.370 e. The average molecular weight is 393 g/mol. The van der Waals surface area contributed by atoms with Crippen LogP contribution in [0.1, 0.15) is 56.0 Å². The molecule has 1 aliphatic carbocycles. The summed E-state index contributed by atoms with van der Waals surface area (Å²) in [4.78, 5) is 16.7. The van der Waals surface area contributed by atoms with Gasteiger partial charge in [0.1, 0.15) is 11.6 Å². The summed E-state index contributed by atoms with van der Waals surface area (Å²) >= 11 is 0. The molecule has 29 heavy (non-hydrogen) atoms. The number of nitrogens with zero attached hydrogens (tertiary/aromatic N) is 6. The number of piperidine rings is 1. The Morgan fingerprint density at radius 1 is 1.10 bits per heavy atom. The van der Waals surface area contributed by atoms with Crippen molar-refractivity contribution >= 4 is 16.9 Å². The van der Waals surface area contributed by atoms with E-state index in [1.807, 2.05) is 42.3 Å². The third kappa shape index (κ3) is 3.83. The third-order valence-electron chi connectivity index (χ3n) is 6.18. The minimum atomic E-state index is 0.183. The van der Waals surface area contributed by atoms with Crippen LogP contribution in [0.4, 0.5) is 5.82 Å². The lowest BCUT2D eigenvalue weighted by molar-refractivity contribution is 0.0297. The van der Waals surface area contributed by atoms with Crippen LogP contribution in [0.2, 0.25) is 0 Å². The van der Waals surface area contributed by atoms with E-state index in [1.165, 1.54) is 25.7 Å². The van der Waals surface area contributed by atoms with Crippen LogP contribution >= 0.6 is 0 Å². The van der Waals surface area contributed by atoms with Crippen molar-refractivity contribution in [3.63, 3.8) is 0 Å². The van der Waals surface area contributed by atoms with E-state index >= 15 is 0 Å². The Kier molecular flexibility index (Phi) is 5.14. The molecule has 4 heterocycles. The zero-order valence-electron chi connectivity index (χ0n) is 17.0. The molecule has 0 N–H and O–H groups in total. The highest BCUT2D eigenvalue weighted by Crippen LogP contribution is 2.35. The maximum Gasteiger partial charge on any atom is 0.163 e. The number of pyridine rings is 1. The Morgan fingerprint density at radius 3 is 2.83 bits per heavy atom. The number of fused-ring (bicyclic) bond motifs is 1. The van der Waals surface area contributed by atoms with Gasteiger partial charge >= 0.3 is 0 Å². The topological polar surface area (TPSA) is 69.0 Å².